The van der Waals surface area contributed by atoms with Gasteiger partial charge in [0.2, 0.25) is 10.0 Å². The predicted molar refractivity (Wildman–Crippen MR) is 83.8 cm³/mol. The van der Waals surface area contributed by atoms with Crippen LogP contribution in [0, 0.1) is 5.92 Å². The van der Waals surface area contributed by atoms with Crippen molar-refractivity contribution in [1.82, 2.24) is 4.31 Å². The van der Waals surface area contributed by atoms with Crippen molar-refractivity contribution in [2.75, 3.05) is 6.54 Å². The minimum Gasteiger partial charge on any atom is -0.326 e. The topological polar surface area (TPSA) is 63.4 Å². The Morgan fingerprint density at radius 2 is 2.05 bits per heavy atom. The summed E-state index contributed by atoms with van der Waals surface area (Å²) in [5.41, 5.74) is 6.49. The van der Waals surface area contributed by atoms with E-state index in [1.165, 1.54) is 0 Å². The van der Waals surface area contributed by atoms with Crippen LogP contribution in [0.5, 0.6) is 0 Å². The summed E-state index contributed by atoms with van der Waals surface area (Å²) in [4.78, 5) is 0.329. The summed E-state index contributed by atoms with van der Waals surface area (Å²) < 4.78 is 27.9. The Labute approximate surface area is 129 Å². The zero-order chi connectivity index (χ0) is 14.9. The SMILES string of the molecule is CC1CCC(C)N(S(=O)(=O)c2ccc(CN)cc2Br)C1. The number of sulfonamides is 1. The summed E-state index contributed by atoms with van der Waals surface area (Å²) in [6.45, 7) is 5.07. The Morgan fingerprint density at radius 1 is 1.35 bits per heavy atom. The van der Waals surface area contributed by atoms with Crippen molar-refractivity contribution < 1.29 is 8.42 Å². The van der Waals surface area contributed by atoms with Gasteiger partial charge in [0.25, 0.3) is 0 Å². The molecule has 0 radical (unpaired) electrons. The van der Waals surface area contributed by atoms with Crippen LogP contribution in [0.1, 0.15) is 32.3 Å². The molecule has 112 valence electrons. The quantitative estimate of drug-likeness (QED) is 0.900. The molecule has 1 aliphatic rings. The molecule has 1 aliphatic heterocycles. The van der Waals surface area contributed by atoms with Gasteiger partial charge in [0.05, 0.1) is 4.90 Å². The summed E-state index contributed by atoms with van der Waals surface area (Å²) in [6.07, 6.45) is 2.00. The molecule has 0 spiro atoms. The Bertz CT molecular complexity index is 589. The molecule has 0 bridgehead atoms. The average molecular weight is 361 g/mol. The molecule has 0 saturated carbocycles. The fourth-order valence-electron chi connectivity index (χ4n) is 2.59. The maximum absolute atomic E-state index is 12.8. The number of hydrogen-bond acceptors (Lipinski definition) is 3. The molecule has 0 aromatic heterocycles. The third kappa shape index (κ3) is 3.08. The monoisotopic (exact) mass is 360 g/mol. The van der Waals surface area contributed by atoms with Crippen molar-refractivity contribution in [2.45, 2.75) is 44.2 Å². The van der Waals surface area contributed by atoms with E-state index in [1.54, 1.807) is 22.5 Å². The van der Waals surface area contributed by atoms with Gasteiger partial charge in [-0.3, -0.25) is 0 Å². The predicted octanol–water partition coefficient (Wildman–Crippen LogP) is 2.72. The van der Waals surface area contributed by atoms with Crippen LogP contribution in [0.25, 0.3) is 0 Å². The van der Waals surface area contributed by atoms with Gasteiger partial charge in [-0.25, -0.2) is 8.42 Å². The Hall–Kier alpha value is -0.430. The number of rotatable bonds is 3. The molecule has 0 amide bonds. The summed E-state index contributed by atoms with van der Waals surface area (Å²) in [6, 6.07) is 5.26. The minimum atomic E-state index is -3.45. The van der Waals surface area contributed by atoms with Crippen molar-refractivity contribution in [1.29, 1.82) is 0 Å². The van der Waals surface area contributed by atoms with Crippen molar-refractivity contribution >= 4 is 26.0 Å². The summed E-state index contributed by atoms with van der Waals surface area (Å²) in [5.74, 6) is 0.406. The molecule has 6 heteroatoms. The molecule has 4 nitrogen and oxygen atoms in total. The molecular weight excluding hydrogens is 340 g/mol. The third-order valence-electron chi connectivity index (χ3n) is 3.88. The second-order valence-electron chi connectivity index (χ2n) is 5.58. The van der Waals surface area contributed by atoms with Crippen molar-refractivity contribution in [3.05, 3.63) is 28.2 Å². The van der Waals surface area contributed by atoms with Gasteiger partial charge in [0.1, 0.15) is 0 Å². The summed E-state index contributed by atoms with van der Waals surface area (Å²) in [5, 5.41) is 0. The smallest absolute Gasteiger partial charge is 0.244 e. The first-order valence-corrected chi connectivity index (χ1v) is 9.10. The molecule has 20 heavy (non-hydrogen) atoms. The lowest BCUT2D eigenvalue weighted by molar-refractivity contribution is 0.218. The van der Waals surface area contributed by atoms with Gasteiger partial charge in [-0.15, -0.1) is 0 Å². The van der Waals surface area contributed by atoms with Crippen LogP contribution in [-0.4, -0.2) is 25.3 Å². The maximum atomic E-state index is 12.8. The van der Waals surface area contributed by atoms with E-state index in [2.05, 4.69) is 22.9 Å². The highest BCUT2D eigenvalue weighted by atomic mass is 79.9. The highest BCUT2D eigenvalue weighted by Gasteiger charge is 2.34. The molecule has 2 rings (SSSR count). The molecule has 2 N–H and O–H groups in total. The second kappa shape index (κ2) is 6.13. The van der Waals surface area contributed by atoms with E-state index in [0.717, 1.165) is 18.4 Å². The standard InChI is InChI=1S/C14H21BrN2O2S/c1-10-3-4-11(2)17(9-10)20(18,19)14-6-5-12(8-16)7-13(14)15/h5-7,10-11H,3-4,8-9,16H2,1-2H3. The van der Waals surface area contributed by atoms with Crippen LogP contribution >= 0.6 is 15.9 Å². The van der Waals surface area contributed by atoms with Crippen LogP contribution in [0.2, 0.25) is 0 Å². The molecule has 1 heterocycles. The lowest BCUT2D eigenvalue weighted by atomic mass is 9.97. The number of nitrogens with two attached hydrogens (primary N) is 1. The Kier molecular flexibility index (Phi) is 4.89. The fourth-order valence-corrected chi connectivity index (χ4v) is 5.46. The summed E-state index contributed by atoms with van der Waals surface area (Å²) in [7, 11) is -3.45. The highest BCUT2D eigenvalue weighted by Crippen LogP contribution is 2.31. The van der Waals surface area contributed by atoms with Crippen molar-refractivity contribution in [3.63, 3.8) is 0 Å². The Balaban J connectivity index is 2.39. The zero-order valence-electron chi connectivity index (χ0n) is 11.8. The van der Waals surface area contributed by atoms with Crippen LogP contribution in [0.4, 0.5) is 0 Å². The summed E-state index contributed by atoms with van der Waals surface area (Å²) >= 11 is 3.36. The molecule has 0 aliphatic carbocycles. The van der Waals surface area contributed by atoms with Crippen molar-refractivity contribution in [2.24, 2.45) is 11.7 Å². The first-order valence-electron chi connectivity index (χ1n) is 6.86. The van der Waals surface area contributed by atoms with Gasteiger partial charge in [-0.2, -0.15) is 4.31 Å². The normalized spacial score (nSPS) is 24.8. The van der Waals surface area contributed by atoms with Crippen LogP contribution in [0.3, 0.4) is 0 Å². The molecular formula is C14H21BrN2O2S. The molecule has 1 aromatic rings. The number of halogens is 1. The van der Waals surface area contributed by atoms with Gasteiger partial charge in [-0.1, -0.05) is 13.0 Å². The van der Waals surface area contributed by atoms with E-state index in [9.17, 15) is 8.42 Å². The fraction of sp³-hybridized carbons (Fsp3) is 0.571. The van der Waals surface area contributed by atoms with Crippen molar-refractivity contribution in [3.8, 4) is 0 Å². The van der Waals surface area contributed by atoms with Gasteiger partial charge in [0, 0.05) is 23.6 Å². The van der Waals surface area contributed by atoms with E-state index < -0.39 is 10.0 Å². The van der Waals surface area contributed by atoms with Gasteiger partial charge < -0.3 is 5.73 Å². The first kappa shape index (κ1) is 15.9. The van der Waals surface area contributed by atoms with Gasteiger partial charge in [0.15, 0.2) is 0 Å². The molecule has 2 atom stereocenters. The number of piperidine rings is 1. The number of benzene rings is 1. The number of hydrogen-bond donors (Lipinski definition) is 1. The highest BCUT2D eigenvalue weighted by molar-refractivity contribution is 9.10. The van der Waals surface area contributed by atoms with E-state index in [0.29, 0.717) is 28.4 Å². The van der Waals surface area contributed by atoms with Crippen LogP contribution in [0.15, 0.2) is 27.6 Å². The van der Waals surface area contributed by atoms with Gasteiger partial charge >= 0.3 is 0 Å². The lowest BCUT2D eigenvalue weighted by Crippen LogP contribution is -2.44. The third-order valence-corrected chi connectivity index (χ3v) is 6.84. The van der Waals surface area contributed by atoms with Gasteiger partial charge in [-0.05, 0) is 59.3 Å². The molecule has 1 fully saturated rings. The molecule has 2 unspecified atom stereocenters. The lowest BCUT2D eigenvalue weighted by Gasteiger charge is -2.35. The van der Waals surface area contributed by atoms with Crippen LogP contribution in [-0.2, 0) is 16.6 Å². The van der Waals surface area contributed by atoms with Crippen LogP contribution < -0.4 is 5.73 Å². The van der Waals surface area contributed by atoms with E-state index in [-0.39, 0.29) is 6.04 Å². The van der Waals surface area contributed by atoms with E-state index >= 15 is 0 Å². The average Bonchev–Trinajstić information content (AvgIpc) is 2.40. The largest absolute Gasteiger partial charge is 0.326 e. The Morgan fingerprint density at radius 3 is 2.65 bits per heavy atom. The first-order chi connectivity index (χ1) is 9.36. The maximum Gasteiger partial charge on any atom is 0.244 e. The van der Waals surface area contributed by atoms with E-state index in [1.807, 2.05) is 6.92 Å². The second-order valence-corrected chi connectivity index (χ2v) is 8.29. The number of nitrogens with zero attached hydrogens (tertiary/aromatic N) is 1. The molecule has 1 aromatic carbocycles. The zero-order valence-corrected chi connectivity index (χ0v) is 14.2. The minimum absolute atomic E-state index is 0.0530. The molecule has 1 saturated heterocycles. The van der Waals surface area contributed by atoms with E-state index in [4.69, 9.17) is 5.73 Å².